The zero-order valence-corrected chi connectivity index (χ0v) is 17.3. The molecule has 0 saturated carbocycles. The first-order chi connectivity index (χ1) is 15.0. The molecule has 158 valence electrons. The van der Waals surface area contributed by atoms with Gasteiger partial charge in [0.1, 0.15) is 5.69 Å². The van der Waals surface area contributed by atoms with E-state index in [1.54, 1.807) is 43.2 Å². The molecule has 0 aliphatic carbocycles. The van der Waals surface area contributed by atoms with Crippen LogP contribution in [0.4, 0.5) is 5.69 Å². The number of pyridine rings is 1. The summed E-state index contributed by atoms with van der Waals surface area (Å²) in [5.74, 6) is 0.713. The van der Waals surface area contributed by atoms with Gasteiger partial charge in [-0.2, -0.15) is 4.98 Å². The minimum atomic E-state index is -0.265. The molecular weight excluding hydrogens is 396 g/mol. The van der Waals surface area contributed by atoms with Gasteiger partial charge in [-0.25, -0.2) is 4.68 Å². The molecule has 9 nitrogen and oxygen atoms in total. The second-order valence-electron chi connectivity index (χ2n) is 7.09. The zero-order chi connectivity index (χ0) is 21.8. The normalized spacial score (nSPS) is 10.9. The second kappa shape index (κ2) is 8.78. The minimum Gasteiger partial charge on any atom is -0.339 e. The molecule has 3 aromatic heterocycles. The third-order valence-electron chi connectivity index (χ3n) is 5.02. The lowest BCUT2D eigenvalue weighted by Crippen LogP contribution is -2.22. The van der Waals surface area contributed by atoms with Gasteiger partial charge in [-0.1, -0.05) is 23.4 Å². The molecule has 9 heteroatoms. The molecule has 31 heavy (non-hydrogen) atoms. The van der Waals surface area contributed by atoms with Crippen molar-refractivity contribution >= 4 is 11.6 Å². The van der Waals surface area contributed by atoms with Gasteiger partial charge >= 0.3 is 0 Å². The van der Waals surface area contributed by atoms with Crippen LogP contribution in [-0.4, -0.2) is 30.4 Å². The van der Waals surface area contributed by atoms with Gasteiger partial charge < -0.3 is 9.84 Å². The number of aryl methyl sites for hydroxylation is 1. The Labute approximate surface area is 178 Å². The highest BCUT2D eigenvalue weighted by Crippen LogP contribution is 2.16. The molecule has 4 rings (SSSR count). The third kappa shape index (κ3) is 4.30. The number of para-hydroxylation sites is 1. The van der Waals surface area contributed by atoms with Gasteiger partial charge in [-0.05, 0) is 37.6 Å². The van der Waals surface area contributed by atoms with Gasteiger partial charge in [-0.3, -0.25) is 19.3 Å². The van der Waals surface area contributed by atoms with Gasteiger partial charge in [0, 0.05) is 37.8 Å². The van der Waals surface area contributed by atoms with Gasteiger partial charge in [0.15, 0.2) is 0 Å². The summed E-state index contributed by atoms with van der Waals surface area (Å²) in [6.07, 6.45) is 4.53. The van der Waals surface area contributed by atoms with Crippen LogP contribution in [0.25, 0.3) is 17.1 Å². The van der Waals surface area contributed by atoms with Gasteiger partial charge in [0.05, 0.1) is 11.4 Å². The van der Waals surface area contributed by atoms with Crippen molar-refractivity contribution in [2.75, 3.05) is 5.32 Å². The third-order valence-corrected chi connectivity index (χ3v) is 5.02. The molecule has 0 bridgehead atoms. The highest BCUT2D eigenvalue weighted by molar-refractivity contribution is 5.91. The van der Waals surface area contributed by atoms with Crippen LogP contribution < -0.4 is 10.9 Å². The highest BCUT2D eigenvalue weighted by atomic mass is 16.5. The first-order valence-corrected chi connectivity index (χ1v) is 9.91. The minimum absolute atomic E-state index is 0.228. The van der Waals surface area contributed by atoms with Crippen LogP contribution in [-0.2, 0) is 18.3 Å². The van der Waals surface area contributed by atoms with E-state index < -0.39 is 0 Å². The van der Waals surface area contributed by atoms with Crippen molar-refractivity contribution in [2.45, 2.75) is 26.2 Å². The quantitative estimate of drug-likeness (QED) is 0.494. The average molecular weight is 418 g/mol. The number of anilines is 1. The van der Waals surface area contributed by atoms with Crippen molar-refractivity contribution in [3.8, 4) is 17.1 Å². The number of carbonyl (C=O) groups is 1. The van der Waals surface area contributed by atoms with E-state index >= 15 is 0 Å². The fourth-order valence-electron chi connectivity index (χ4n) is 3.29. The molecule has 0 aliphatic heterocycles. The molecule has 0 unspecified atom stereocenters. The number of hydrogen-bond donors (Lipinski definition) is 1. The Morgan fingerprint density at radius 1 is 1.13 bits per heavy atom. The fourth-order valence-corrected chi connectivity index (χ4v) is 3.29. The second-order valence-corrected chi connectivity index (χ2v) is 7.09. The average Bonchev–Trinajstić information content (AvgIpc) is 3.34. The van der Waals surface area contributed by atoms with Crippen molar-refractivity contribution in [1.29, 1.82) is 0 Å². The summed E-state index contributed by atoms with van der Waals surface area (Å²) in [5.41, 5.74) is 2.26. The Morgan fingerprint density at radius 2 is 1.87 bits per heavy atom. The number of rotatable bonds is 7. The summed E-state index contributed by atoms with van der Waals surface area (Å²) in [6.45, 7) is 1.80. The van der Waals surface area contributed by atoms with Crippen molar-refractivity contribution in [3.05, 3.63) is 76.8 Å². The van der Waals surface area contributed by atoms with Crippen LogP contribution in [0.5, 0.6) is 0 Å². The van der Waals surface area contributed by atoms with Crippen LogP contribution in [0.2, 0.25) is 0 Å². The largest absolute Gasteiger partial charge is 0.339 e. The Kier molecular flexibility index (Phi) is 5.74. The predicted molar refractivity (Wildman–Crippen MR) is 115 cm³/mol. The van der Waals surface area contributed by atoms with E-state index in [0.717, 1.165) is 11.3 Å². The molecule has 0 radical (unpaired) electrons. The summed E-state index contributed by atoms with van der Waals surface area (Å²) in [5, 5.41) is 6.72. The topological polar surface area (TPSA) is 108 Å². The molecule has 1 N–H and O–H groups in total. The molecule has 0 fully saturated rings. The van der Waals surface area contributed by atoms with Gasteiger partial charge in [0.25, 0.3) is 5.56 Å². The number of carbonyl (C=O) groups excluding carboxylic acids is 1. The Morgan fingerprint density at radius 3 is 2.61 bits per heavy atom. The predicted octanol–water partition coefficient (Wildman–Crippen LogP) is 2.89. The van der Waals surface area contributed by atoms with E-state index in [-0.39, 0.29) is 23.6 Å². The van der Waals surface area contributed by atoms with Crippen LogP contribution in [0, 0.1) is 6.92 Å². The molecular formula is C22H22N6O3. The first kappa shape index (κ1) is 20.3. The number of nitrogens with zero attached hydrogens (tertiary/aromatic N) is 5. The maximum absolute atomic E-state index is 12.9. The van der Waals surface area contributed by atoms with Crippen molar-refractivity contribution < 1.29 is 9.32 Å². The molecule has 0 spiro atoms. The molecule has 4 aromatic rings. The van der Waals surface area contributed by atoms with E-state index in [1.807, 2.05) is 30.3 Å². The number of nitrogens with one attached hydrogen (secondary N) is 1. The zero-order valence-electron chi connectivity index (χ0n) is 17.3. The number of benzene rings is 1. The molecule has 1 amide bonds. The first-order valence-electron chi connectivity index (χ1n) is 9.91. The van der Waals surface area contributed by atoms with E-state index in [9.17, 15) is 9.59 Å². The number of amides is 1. The Hall–Kier alpha value is -4.01. The molecule has 3 heterocycles. The lowest BCUT2D eigenvalue weighted by atomic mass is 10.2. The summed E-state index contributed by atoms with van der Waals surface area (Å²) in [4.78, 5) is 33.6. The van der Waals surface area contributed by atoms with Crippen molar-refractivity contribution in [1.82, 2.24) is 24.5 Å². The van der Waals surface area contributed by atoms with E-state index in [1.165, 1.54) is 4.68 Å². The molecule has 0 atom stereocenters. The summed E-state index contributed by atoms with van der Waals surface area (Å²) < 4.78 is 8.52. The molecule has 0 aliphatic rings. The number of aromatic nitrogens is 5. The lowest BCUT2D eigenvalue weighted by molar-refractivity contribution is -0.116. The summed E-state index contributed by atoms with van der Waals surface area (Å²) in [6, 6.07) is 12.9. The fraction of sp³-hybridized carbons (Fsp3) is 0.227. The van der Waals surface area contributed by atoms with Crippen LogP contribution in [0.1, 0.15) is 24.4 Å². The Balaban J connectivity index is 1.38. The van der Waals surface area contributed by atoms with E-state index in [4.69, 9.17) is 4.52 Å². The van der Waals surface area contributed by atoms with Crippen LogP contribution in [0.15, 0.2) is 64.2 Å². The van der Waals surface area contributed by atoms with E-state index in [0.29, 0.717) is 30.3 Å². The smallest absolute Gasteiger partial charge is 0.295 e. The standard InChI is InChI=1S/C22H22N6O3/c1-15-20(22(30)28(27(15)2)17-7-4-3-5-8-17)24-18(29)9-6-10-19-25-21(26-31-19)16-11-13-23-14-12-16/h3-5,7-8,11-14H,6,9-10H2,1-2H3,(H,24,29). The van der Waals surface area contributed by atoms with Crippen LogP contribution >= 0.6 is 0 Å². The Bertz CT molecular complexity index is 1240. The van der Waals surface area contributed by atoms with Gasteiger partial charge in [-0.15, -0.1) is 0 Å². The maximum atomic E-state index is 12.9. The summed E-state index contributed by atoms with van der Waals surface area (Å²) >= 11 is 0. The monoisotopic (exact) mass is 418 g/mol. The molecule has 1 aromatic carbocycles. The van der Waals surface area contributed by atoms with E-state index in [2.05, 4.69) is 20.4 Å². The molecule has 0 saturated heterocycles. The maximum Gasteiger partial charge on any atom is 0.295 e. The lowest BCUT2D eigenvalue weighted by Gasteiger charge is -2.07. The summed E-state index contributed by atoms with van der Waals surface area (Å²) in [7, 11) is 1.79. The number of hydrogen-bond acceptors (Lipinski definition) is 6. The highest BCUT2D eigenvalue weighted by Gasteiger charge is 2.18. The van der Waals surface area contributed by atoms with Gasteiger partial charge in [0.2, 0.25) is 17.6 Å². The SMILES string of the molecule is Cc1c(NC(=O)CCCc2nc(-c3ccncc3)no2)c(=O)n(-c2ccccc2)n1C. The van der Waals surface area contributed by atoms with Crippen molar-refractivity contribution in [2.24, 2.45) is 7.05 Å². The van der Waals surface area contributed by atoms with Crippen LogP contribution in [0.3, 0.4) is 0 Å². The van der Waals surface area contributed by atoms with Crippen molar-refractivity contribution in [3.63, 3.8) is 0 Å².